The summed E-state index contributed by atoms with van der Waals surface area (Å²) < 4.78 is 0. The Labute approximate surface area is 172 Å². The van der Waals surface area contributed by atoms with E-state index in [1.807, 2.05) is 69.3 Å². The van der Waals surface area contributed by atoms with E-state index in [1.54, 1.807) is 29.2 Å². The molecule has 4 nitrogen and oxygen atoms in total. The summed E-state index contributed by atoms with van der Waals surface area (Å²) in [6, 6.07) is 22.7. The van der Waals surface area contributed by atoms with Crippen LogP contribution in [-0.4, -0.2) is 18.4 Å². The minimum Gasteiger partial charge on any atom is -0.348 e. The van der Waals surface area contributed by atoms with Crippen molar-refractivity contribution in [3.05, 3.63) is 101 Å². The number of aryl methyl sites for hydroxylation is 2. The minimum absolute atomic E-state index is 0.119. The van der Waals surface area contributed by atoms with Gasteiger partial charge in [-0.05, 0) is 67.8 Å². The first-order valence-electron chi connectivity index (χ1n) is 9.81. The third-order valence-electron chi connectivity index (χ3n) is 4.95. The van der Waals surface area contributed by atoms with Crippen LogP contribution in [0, 0.1) is 13.8 Å². The fraction of sp³-hybridized carbons (Fsp3) is 0.200. The summed E-state index contributed by atoms with van der Waals surface area (Å²) in [5.74, 6) is -0.312. The van der Waals surface area contributed by atoms with Gasteiger partial charge in [-0.2, -0.15) is 0 Å². The molecule has 0 spiro atoms. The van der Waals surface area contributed by atoms with E-state index in [4.69, 9.17) is 0 Å². The van der Waals surface area contributed by atoms with Crippen LogP contribution >= 0.6 is 0 Å². The van der Waals surface area contributed by atoms with E-state index in [9.17, 15) is 9.59 Å². The SMILES string of the molecule is CCN(C(=O)c1cccc(C(=O)NCc2ccccc2C)c1)c1cccc(C)c1. The van der Waals surface area contributed by atoms with Gasteiger partial charge < -0.3 is 10.2 Å². The Morgan fingerprint density at radius 2 is 1.59 bits per heavy atom. The van der Waals surface area contributed by atoms with Crippen molar-refractivity contribution in [1.82, 2.24) is 5.32 Å². The van der Waals surface area contributed by atoms with Gasteiger partial charge in [0.2, 0.25) is 0 Å². The zero-order valence-corrected chi connectivity index (χ0v) is 17.1. The van der Waals surface area contributed by atoms with Crippen LogP contribution in [0.15, 0.2) is 72.8 Å². The summed E-state index contributed by atoms with van der Waals surface area (Å²) in [5.41, 5.74) is 5.13. The van der Waals surface area contributed by atoms with Crippen LogP contribution in [0.3, 0.4) is 0 Å². The Hall–Kier alpha value is -3.40. The third-order valence-corrected chi connectivity index (χ3v) is 4.95. The van der Waals surface area contributed by atoms with E-state index in [1.165, 1.54) is 0 Å². The first-order valence-corrected chi connectivity index (χ1v) is 9.81. The summed E-state index contributed by atoms with van der Waals surface area (Å²) in [5, 5.41) is 2.94. The molecule has 0 radical (unpaired) electrons. The van der Waals surface area contributed by atoms with Crippen molar-refractivity contribution < 1.29 is 9.59 Å². The number of benzene rings is 3. The monoisotopic (exact) mass is 386 g/mol. The Morgan fingerprint density at radius 1 is 0.862 bits per heavy atom. The smallest absolute Gasteiger partial charge is 0.258 e. The minimum atomic E-state index is -0.193. The van der Waals surface area contributed by atoms with Gasteiger partial charge in [0, 0.05) is 29.9 Å². The molecule has 0 saturated heterocycles. The summed E-state index contributed by atoms with van der Waals surface area (Å²) in [4.78, 5) is 27.4. The van der Waals surface area contributed by atoms with Gasteiger partial charge in [0.25, 0.3) is 11.8 Å². The van der Waals surface area contributed by atoms with E-state index < -0.39 is 0 Å². The highest BCUT2D eigenvalue weighted by atomic mass is 16.2. The maximum atomic E-state index is 13.1. The van der Waals surface area contributed by atoms with Gasteiger partial charge in [-0.1, -0.05) is 42.5 Å². The number of nitrogens with one attached hydrogen (secondary N) is 1. The van der Waals surface area contributed by atoms with Crippen molar-refractivity contribution in [2.45, 2.75) is 27.3 Å². The fourth-order valence-corrected chi connectivity index (χ4v) is 3.27. The van der Waals surface area contributed by atoms with Gasteiger partial charge in [-0.15, -0.1) is 0 Å². The lowest BCUT2D eigenvalue weighted by molar-refractivity contribution is 0.0951. The maximum Gasteiger partial charge on any atom is 0.258 e. The quantitative estimate of drug-likeness (QED) is 0.655. The van der Waals surface area contributed by atoms with E-state index in [0.29, 0.717) is 24.2 Å². The molecule has 1 N–H and O–H groups in total. The highest BCUT2D eigenvalue weighted by Gasteiger charge is 2.17. The van der Waals surface area contributed by atoms with Gasteiger partial charge in [0.1, 0.15) is 0 Å². The van der Waals surface area contributed by atoms with Crippen molar-refractivity contribution >= 4 is 17.5 Å². The van der Waals surface area contributed by atoms with Crippen LogP contribution in [-0.2, 0) is 6.54 Å². The largest absolute Gasteiger partial charge is 0.348 e. The van der Waals surface area contributed by atoms with Crippen LogP contribution in [0.2, 0.25) is 0 Å². The molecule has 0 aliphatic rings. The zero-order valence-electron chi connectivity index (χ0n) is 17.1. The van der Waals surface area contributed by atoms with Crippen molar-refractivity contribution in [2.24, 2.45) is 0 Å². The lowest BCUT2D eigenvalue weighted by Crippen LogP contribution is -2.31. The molecule has 0 aliphatic heterocycles. The first kappa shape index (κ1) is 20.3. The highest BCUT2D eigenvalue weighted by molar-refractivity contribution is 6.07. The van der Waals surface area contributed by atoms with Gasteiger partial charge in [0.15, 0.2) is 0 Å². The summed E-state index contributed by atoms with van der Waals surface area (Å²) in [6.45, 7) is 6.96. The molecular formula is C25H26N2O2. The van der Waals surface area contributed by atoms with Crippen LogP contribution in [0.5, 0.6) is 0 Å². The zero-order chi connectivity index (χ0) is 20.8. The first-order chi connectivity index (χ1) is 14.0. The highest BCUT2D eigenvalue weighted by Crippen LogP contribution is 2.19. The molecule has 29 heavy (non-hydrogen) atoms. The van der Waals surface area contributed by atoms with Gasteiger partial charge in [0.05, 0.1) is 0 Å². The maximum absolute atomic E-state index is 13.1. The molecule has 0 heterocycles. The van der Waals surface area contributed by atoms with Gasteiger partial charge in [-0.25, -0.2) is 0 Å². The van der Waals surface area contributed by atoms with E-state index in [-0.39, 0.29) is 11.8 Å². The average Bonchev–Trinajstić information content (AvgIpc) is 2.73. The van der Waals surface area contributed by atoms with Crippen molar-refractivity contribution in [2.75, 3.05) is 11.4 Å². The fourth-order valence-electron chi connectivity index (χ4n) is 3.27. The second-order valence-electron chi connectivity index (χ2n) is 7.08. The molecule has 148 valence electrons. The van der Waals surface area contributed by atoms with Crippen LogP contribution in [0.1, 0.15) is 44.3 Å². The van der Waals surface area contributed by atoms with Crippen LogP contribution in [0.25, 0.3) is 0 Å². The lowest BCUT2D eigenvalue weighted by Gasteiger charge is -2.22. The molecular weight excluding hydrogens is 360 g/mol. The predicted octanol–water partition coefficient (Wildman–Crippen LogP) is 4.90. The summed E-state index contributed by atoms with van der Waals surface area (Å²) >= 11 is 0. The van der Waals surface area contributed by atoms with E-state index in [2.05, 4.69) is 5.32 Å². The number of anilines is 1. The average molecular weight is 386 g/mol. The number of carbonyl (C=O) groups excluding carboxylic acids is 2. The number of hydrogen-bond acceptors (Lipinski definition) is 2. The molecule has 0 bridgehead atoms. The second-order valence-corrected chi connectivity index (χ2v) is 7.08. The van der Waals surface area contributed by atoms with E-state index >= 15 is 0 Å². The third kappa shape index (κ3) is 4.91. The Morgan fingerprint density at radius 3 is 2.31 bits per heavy atom. The molecule has 4 heteroatoms. The Bertz CT molecular complexity index is 1030. The van der Waals surface area contributed by atoms with Crippen molar-refractivity contribution in [3.8, 4) is 0 Å². The number of nitrogens with zero attached hydrogens (tertiary/aromatic N) is 1. The molecule has 3 rings (SSSR count). The van der Waals surface area contributed by atoms with Gasteiger partial charge in [-0.3, -0.25) is 9.59 Å². The predicted molar refractivity (Wildman–Crippen MR) is 117 cm³/mol. The molecule has 0 saturated carbocycles. The lowest BCUT2D eigenvalue weighted by atomic mass is 10.1. The molecule has 0 unspecified atom stereocenters. The number of carbonyl (C=O) groups is 2. The molecule has 0 aliphatic carbocycles. The van der Waals surface area contributed by atoms with Crippen LogP contribution < -0.4 is 10.2 Å². The van der Waals surface area contributed by atoms with Gasteiger partial charge >= 0.3 is 0 Å². The summed E-state index contributed by atoms with van der Waals surface area (Å²) in [6.07, 6.45) is 0. The molecule has 3 aromatic carbocycles. The molecule has 0 aromatic heterocycles. The topological polar surface area (TPSA) is 49.4 Å². The number of rotatable bonds is 6. The molecule has 3 aromatic rings. The Kier molecular flexibility index (Phi) is 6.45. The summed E-state index contributed by atoms with van der Waals surface area (Å²) in [7, 11) is 0. The molecule has 0 atom stereocenters. The standard InChI is InChI=1S/C25H26N2O2/c1-4-27(23-14-7-9-18(2)15-23)25(29)21-13-8-12-20(16-21)24(28)26-17-22-11-6-5-10-19(22)3/h5-16H,4,17H2,1-3H3,(H,26,28). The second kappa shape index (κ2) is 9.20. The van der Waals surface area contributed by atoms with Crippen molar-refractivity contribution in [3.63, 3.8) is 0 Å². The Balaban J connectivity index is 1.76. The normalized spacial score (nSPS) is 10.4. The molecule has 2 amide bonds. The van der Waals surface area contributed by atoms with E-state index in [0.717, 1.165) is 22.4 Å². The number of amides is 2. The number of hydrogen-bond donors (Lipinski definition) is 1. The van der Waals surface area contributed by atoms with Crippen LogP contribution in [0.4, 0.5) is 5.69 Å². The van der Waals surface area contributed by atoms with Crippen molar-refractivity contribution in [1.29, 1.82) is 0 Å². The molecule has 0 fully saturated rings.